The third-order valence-corrected chi connectivity index (χ3v) is 4.17. The molecule has 6 nitrogen and oxygen atoms in total. The number of aromatic nitrogens is 3. The Morgan fingerprint density at radius 1 is 1.28 bits per heavy atom. The first-order chi connectivity index (χ1) is 12.0. The second-order valence-electron chi connectivity index (χ2n) is 6.17. The first kappa shape index (κ1) is 17.0. The fourth-order valence-electron chi connectivity index (χ4n) is 2.95. The van der Waals surface area contributed by atoms with Crippen LogP contribution in [0.3, 0.4) is 0 Å². The molecule has 0 aliphatic carbocycles. The van der Waals surface area contributed by atoms with Crippen LogP contribution in [-0.2, 0) is 11.8 Å². The van der Waals surface area contributed by atoms with Crippen molar-refractivity contribution < 1.29 is 9.53 Å². The quantitative estimate of drug-likeness (QED) is 0.777. The standard InChI is InChI=1S/C19H22N4O2/c1-12-10-17(21-19-18(12)14(3)22-23(19)4)25-11-16(24)20-13(2)15-8-6-5-7-9-15/h5-10,13H,11H2,1-4H3,(H,20,24). The van der Waals surface area contributed by atoms with Crippen molar-refractivity contribution in [3.63, 3.8) is 0 Å². The molecular weight excluding hydrogens is 316 g/mol. The van der Waals surface area contributed by atoms with Crippen molar-refractivity contribution in [3.8, 4) is 5.88 Å². The van der Waals surface area contributed by atoms with Crippen LogP contribution < -0.4 is 10.1 Å². The number of rotatable bonds is 5. The minimum Gasteiger partial charge on any atom is -0.468 e. The summed E-state index contributed by atoms with van der Waals surface area (Å²) in [4.78, 5) is 16.6. The molecule has 0 spiro atoms. The number of ether oxygens (including phenoxy) is 1. The van der Waals surface area contributed by atoms with E-state index in [1.54, 1.807) is 4.68 Å². The van der Waals surface area contributed by atoms with Crippen LogP contribution in [0.5, 0.6) is 5.88 Å². The van der Waals surface area contributed by atoms with Crippen molar-refractivity contribution in [2.24, 2.45) is 7.05 Å². The average Bonchev–Trinajstić information content (AvgIpc) is 2.88. The number of carbonyl (C=O) groups excluding carboxylic acids is 1. The van der Waals surface area contributed by atoms with Gasteiger partial charge in [0.15, 0.2) is 12.3 Å². The zero-order chi connectivity index (χ0) is 18.0. The van der Waals surface area contributed by atoms with Crippen LogP contribution in [0.15, 0.2) is 36.4 Å². The van der Waals surface area contributed by atoms with Gasteiger partial charge in [0.1, 0.15) is 0 Å². The summed E-state index contributed by atoms with van der Waals surface area (Å²) in [6.45, 7) is 5.81. The molecular formula is C19H22N4O2. The summed E-state index contributed by atoms with van der Waals surface area (Å²) in [5.41, 5.74) is 3.77. The molecule has 130 valence electrons. The van der Waals surface area contributed by atoms with Crippen LogP contribution in [0.25, 0.3) is 11.0 Å². The number of aryl methyl sites for hydroxylation is 3. The number of fused-ring (bicyclic) bond motifs is 1. The first-order valence-electron chi connectivity index (χ1n) is 8.23. The zero-order valence-electron chi connectivity index (χ0n) is 14.9. The molecule has 3 aromatic rings. The molecule has 2 aromatic heterocycles. The number of hydrogen-bond donors (Lipinski definition) is 1. The summed E-state index contributed by atoms with van der Waals surface area (Å²) in [6.07, 6.45) is 0. The summed E-state index contributed by atoms with van der Waals surface area (Å²) in [7, 11) is 1.85. The maximum absolute atomic E-state index is 12.1. The molecule has 0 radical (unpaired) electrons. The minimum absolute atomic E-state index is 0.0748. The Morgan fingerprint density at radius 3 is 2.72 bits per heavy atom. The van der Waals surface area contributed by atoms with Crippen molar-refractivity contribution in [1.29, 1.82) is 0 Å². The SMILES string of the molecule is Cc1cc(OCC(=O)NC(C)c2ccccc2)nc2c1c(C)nn2C. The first-order valence-corrected chi connectivity index (χ1v) is 8.23. The van der Waals surface area contributed by atoms with Crippen LogP contribution in [0.2, 0.25) is 0 Å². The van der Waals surface area contributed by atoms with Crippen molar-refractivity contribution in [1.82, 2.24) is 20.1 Å². The molecule has 0 saturated carbocycles. The van der Waals surface area contributed by atoms with Gasteiger partial charge in [-0.25, -0.2) is 0 Å². The Hall–Kier alpha value is -2.89. The Labute approximate surface area is 146 Å². The number of benzene rings is 1. The van der Waals surface area contributed by atoms with E-state index in [0.29, 0.717) is 5.88 Å². The topological polar surface area (TPSA) is 69.0 Å². The molecule has 2 heterocycles. The molecule has 1 N–H and O–H groups in total. The summed E-state index contributed by atoms with van der Waals surface area (Å²) < 4.78 is 7.32. The van der Waals surface area contributed by atoms with Gasteiger partial charge >= 0.3 is 0 Å². The number of amides is 1. The molecule has 1 aromatic carbocycles. The smallest absolute Gasteiger partial charge is 0.258 e. The fraction of sp³-hybridized carbons (Fsp3) is 0.316. The number of pyridine rings is 1. The highest BCUT2D eigenvalue weighted by Gasteiger charge is 2.13. The normalized spacial score (nSPS) is 12.2. The molecule has 0 bridgehead atoms. The Balaban J connectivity index is 1.66. The molecule has 1 atom stereocenters. The predicted molar refractivity (Wildman–Crippen MR) is 96.5 cm³/mol. The molecule has 0 aliphatic rings. The van der Waals surface area contributed by atoms with Gasteiger partial charge < -0.3 is 10.1 Å². The van der Waals surface area contributed by atoms with E-state index in [9.17, 15) is 4.79 Å². The molecule has 0 saturated heterocycles. The van der Waals surface area contributed by atoms with E-state index in [2.05, 4.69) is 15.4 Å². The third kappa shape index (κ3) is 3.63. The van der Waals surface area contributed by atoms with Gasteiger partial charge in [0.25, 0.3) is 5.91 Å². The maximum Gasteiger partial charge on any atom is 0.258 e. The van der Waals surface area contributed by atoms with Gasteiger partial charge in [0.05, 0.1) is 11.7 Å². The number of carbonyl (C=O) groups is 1. The van der Waals surface area contributed by atoms with Crippen LogP contribution in [0, 0.1) is 13.8 Å². The molecule has 1 amide bonds. The number of nitrogens with one attached hydrogen (secondary N) is 1. The van der Waals surface area contributed by atoms with E-state index in [0.717, 1.165) is 27.9 Å². The highest BCUT2D eigenvalue weighted by Crippen LogP contribution is 2.23. The minimum atomic E-state index is -0.183. The van der Waals surface area contributed by atoms with Gasteiger partial charge in [0.2, 0.25) is 5.88 Å². The van der Waals surface area contributed by atoms with E-state index in [1.807, 2.05) is 64.2 Å². The lowest BCUT2D eigenvalue weighted by atomic mass is 10.1. The number of nitrogens with zero attached hydrogens (tertiary/aromatic N) is 3. The third-order valence-electron chi connectivity index (χ3n) is 4.17. The summed E-state index contributed by atoms with van der Waals surface area (Å²) in [5, 5.41) is 8.33. The monoisotopic (exact) mass is 338 g/mol. The lowest BCUT2D eigenvalue weighted by Gasteiger charge is -2.14. The van der Waals surface area contributed by atoms with Crippen molar-refractivity contribution in [2.75, 3.05) is 6.61 Å². The van der Waals surface area contributed by atoms with E-state index < -0.39 is 0 Å². The molecule has 1 unspecified atom stereocenters. The largest absolute Gasteiger partial charge is 0.468 e. The average molecular weight is 338 g/mol. The van der Waals surface area contributed by atoms with Crippen LogP contribution in [0.1, 0.15) is 29.8 Å². The molecule has 25 heavy (non-hydrogen) atoms. The highest BCUT2D eigenvalue weighted by atomic mass is 16.5. The van der Waals surface area contributed by atoms with Crippen LogP contribution in [0.4, 0.5) is 0 Å². The van der Waals surface area contributed by atoms with Gasteiger partial charge in [-0.05, 0) is 31.9 Å². The summed E-state index contributed by atoms with van der Waals surface area (Å²) in [5.74, 6) is 0.243. The summed E-state index contributed by atoms with van der Waals surface area (Å²) >= 11 is 0. The second kappa shape index (κ2) is 6.93. The highest BCUT2D eigenvalue weighted by molar-refractivity contribution is 5.82. The van der Waals surface area contributed by atoms with E-state index in [1.165, 1.54) is 0 Å². The summed E-state index contributed by atoms with van der Waals surface area (Å²) in [6, 6.07) is 11.6. The van der Waals surface area contributed by atoms with Gasteiger partial charge in [-0.3, -0.25) is 9.48 Å². The van der Waals surface area contributed by atoms with Gasteiger partial charge in [-0.15, -0.1) is 0 Å². The molecule has 3 rings (SSSR count). The predicted octanol–water partition coefficient (Wildman–Crippen LogP) is 2.84. The molecule has 0 fully saturated rings. The Bertz CT molecular complexity index is 903. The number of hydrogen-bond acceptors (Lipinski definition) is 4. The van der Waals surface area contributed by atoms with Gasteiger partial charge in [-0.2, -0.15) is 10.1 Å². The van der Waals surface area contributed by atoms with Crippen molar-refractivity contribution in [3.05, 3.63) is 53.2 Å². The van der Waals surface area contributed by atoms with Crippen molar-refractivity contribution >= 4 is 16.9 Å². The fourth-order valence-corrected chi connectivity index (χ4v) is 2.95. The zero-order valence-corrected chi connectivity index (χ0v) is 14.9. The van der Waals surface area contributed by atoms with E-state index >= 15 is 0 Å². The van der Waals surface area contributed by atoms with E-state index in [4.69, 9.17) is 4.74 Å². The van der Waals surface area contributed by atoms with E-state index in [-0.39, 0.29) is 18.6 Å². The molecule has 6 heteroatoms. The van der Waals surface area contributed by atoms with Crippen LogP contribution >= 0.6 is 0 Å². The second-order valence-corrected chi connectivity index (χ2v) is 6.17. The van der Waals surface area contributed by atoms with Gasteiger partial charge in [-0.1, -0.05) is 30.3 Å². The lowest BCUT2D eigenvalue weighted by molar-refractivity contribution is -0.123. The maximum atomic E-state index is 12.1. The van der Waals surface area contributed by atoms with Crippen LogP contribution in [-0.4, -0.2) is 27.3 Å². The Morgan fingerprint density at radius 2 is 2.00 bits per heavy atom. The van der Waals surface area contributed by atoms with Crippen molar-refractivity contribution in [2.45, 2.75) is 26.8 Å². The lowest BCUT2D eigenvalue weighted by Crippen LogP contribution is -2.31. The Kier molecular flexibility index (Phi) is 4.70. The van der Waals surface area contributed by atoms with Gasteiger partial charge in [0, 0.05) is 18.5 Å². The molecule has 0 aliphatic heterocycles.